The van der Waals surface area contributed by atoms with Crippen LogP contribution in [0.1, 0.15) is 51.5 Å². The fourth-order valence-electron chi connectivity index (χ4n) is 5.18. The summed E-state index contributed by atoms with van der Waals surface area (Å²) in [5, 5.41) is 25.8. The number of nitrogens with two attached hydrogens (primary N) is 2. The van der Waals surface area contributed by atoms with E-state index in [0.717, 1.165) is 16.5 Å². The highest BCUT2D eigenvalue weighted by atomic mass is 16.4. The first-order valence-electron chi connectivity index (χ1n) is 14.0. The van der Waals surface area contributed by atoms with Crippen molar-refractivity contribution in [3.05, 3.63) is 36.0 Å². The summed E-state index contributed by atoms with van der Waals surface area (Å²) in [7, 11) is 0. The molecule has 10 N–H and O–H groups in total. The highest BCUT2D eigenvalue weighted by Gasteiger charge is 2.38. The van der Waals surface area contributed by atoms with Crippen LogP contribution in [0.25, 0.3) is 10.9 Å². The molecular formula is C28H42N8O5. The molecule has 1 aliphatic rings. The number of amides is 3. The van der Waals surface area contributed by atoms with E-state index in [1.807, 2.05) is 38.1 Å². The molecule has 0 bridgehead atoms. The number of hydrogen-bond acceptors (Lipinski definition) is 6. The molecule has 0 saturated carbocycles. The summed E-state index contributed by atoms with van der Waals surface area (Å²) >= 11 is 0. The number of fused-ring (bicyclic) bond motifs is 1. The molecule has 41 heavy (non-hydrogen) atoms. The quantitative estimate of drug-likeness (QED) is 0.0900. The van der Waals surface area contributed by atoms with Gasteiger partial charge in [0, 0.05) is 36.6 Å². The molecule has 1 saturated heterocycles. The number of carbonyl (C=O) groups excluding carboxylic acids is 3. The Morgan fingerprint density at radius 2 is 1.90 bits per heavy atom. The van der Waals surface area contributed by atoms with Gasteiger partial charge in [0.25, 0.3) is 0 Å². The van der Waals surface area contributed by atoms with E-state index in [1.54, 1.807) is 6.20 Å². The molecule has 2 heterocycles. The largest absolute Gasteiger partial charge is 0.480 e. The van der Waals surface area contributed by atoms with E-state index in [2.05, 4.69) is 20.9 Å². The minimum atomic E-state index is -1.22. The molecule has 0 spiro atoms. The van der Waals surface area contributed by atoms with Crippen LogP contribution < -0.4 is 27.4 Å². The lowest BCUT2D eigenvalue weighted by atomic mass is 10.0. The molecule has 1 fully saturated rings. The Balaban J connectivity index is 1.78. The van der Waals surface area contributed by atoms with Crippen molar-refractivity contribution >= 4 is 40.6 Å². The van der Waals surface area contributed by atoms with Crippen LogP contribution >= 0.6 is 0 Å². The topological polar surface area (TPSA) is 220 Å². The highest BCUT2D eigenvalue weighted by molar-refractivity contribution is 5.95. The van der Waals surface area contributed by atoms with E-state index >= 15 is 0 Å². The number of aliphatic carboxylic acids is 1. The first kappa shape index (κ1) is 31.4. The van der Waals surface area contributed by atoms with Crippen molar-refractivity contribution in [3.8, 4) is 0 Å². The third kappa shape index (κ3) is 8.68. The molecule has 3 amide bonds. The normalized spacial score (nSPS) is 17.2. The summed E-state index contributed by atoms with van der Waals surface area (Å²) in [6.45, 7) is 4.62. The monoisotopic (exact) mass is 570 g/mol. The van der Waals surface area contributed by atoms with Crippen molar-refractivity contribution in [2.45, 2.75) is 76.5 Å². The van der Waals surface area contributed by atoms with E-state index in [-0.39, 0.29) is 37.2 Å². The van der Waals surface area contributed by atoms with Crippen molar-refractivity contribution in [1.82, 2.24) is 25.8 Å². The number of hydrogen-bond donors (Lipinski definition) is 8. The molecule has 4 atom stereocenters. The zero-order valence-electron chi connectivity index (χ0n) is 23.6. The van der Waals surface area contributed by atoms with Crippen LogP contribution in [-0.4, -0.2) is 81.9 Å². The molecule has 1 aromatic carbocycles. The summed E-state index contributed by atoms with van der Waals surface area (Å²) in [6.07, 6.45) is 3.86. The number of nitrogens with one attached hydrogen (secondary N) is 5. The molecule has 0 radical (unpaired) electrons. The number of carboxylic acids is 1. The van der Waals surface area contributed by atoms with Crippen molar-refractivity contribution in [1.29, 1.82) is 5.41 Å². The van der Waals surface area contributed by atoms with Gasteiger partial charge in [-0.1, -0.05) is 32.0 Å². The zero-order valence-corrected chi connectivity index (χ0v) is 23.6. The minimum absolute atomic E-state index is 0.0910. The molecular weight excluding hydrogens is 528 g/mol. The van der Waals surface area contributed by atoms with Crippen LogP contribution in [0.3, 0.4) is 0 Å². The Labute approximate surface area is 239 Å². The van der Waals surface area contributed by atoms with Gasteiger partial charge in [0.05, 0.1) is 6.04 Å². The molecule has 0 unspecified atom stereocenters. The summed E-state index contributed by atoms with van der Waals surface area (Å²) in [5.41, 5.74) is 13.0. The van der Waals surface area contributed by atoms with E-state index < -0.39 is 42.0 Å². The fraction of sp³-hybridized carbons (Fsp3) is 0.536. The van der Waals surface area contributed by atoms with Crippen LogP contribution in [-0.2, 0) is 25.6 Å². The SMILES string of the molecule is CC(C)C[C@H](N)C(=O)N1CCC[C@H]1C(=O)N[C@@H](Cc1c[nH]c2ccccc12)C(=O)N[C@@H](CCCNC(=N)N)C(=O)O. The van der Waals surface area contributed by atoms with E-state index in [1.165, 1.54) is 4.90 Å². The third-order valence-corrected chi connectivity index (χ3v) is 7.21. The Hall–Kier alpha value is -4.13. The third-order valence-electron chi connectivity index (χ3n) is 7.21. The van der Waals surface area contributed by atoms with Gasteiger partial charge in [-0.25, -0.2) is 4.79 Å². The fourth-order valence-corrected chi connectivity index (χ4v) is 5.18. The number of guanidine groups is 1. The summed E-state index contributed by atoms with van der Waals surface area (Å²) < 4.78 is 0. The van der Waals surface area contributed by atoms with Gasteiger partial charge in [0.1, 0.15) is 18.1 Å². The maximum absolute atomic E-state index is 13.5. The minimum Gasteiger partial charge on any atom is -0.480 e. The molecule has 224 valence electrons. The number of rotatable bonds is 14. The predicted molar refractivity (Wildman–Crippen MR) is 155 cm³/mol. The lowest BCUT2D eigenvalue weighted by Gasteiger charge is -2.29. The van der Waals surface area contributed by atoms with Crippen molar-refractivity contribution in [3.63, 3.8) is 0 Å². The lowest BCUT2D eigenvalue weighted by molar-refractivity contribution is -0.143. The van der Waals surface area contributed by atoms with Gasteiger partial charge in [0.15, 0.2) is 5.96 Å². The number of H-pyrrole nitrogens is 1. The number of para-hydroxylation sites is 1. The Morgan fingerprint density at radius 1 is 1.17 bits per heavy atom. The van der Waals surface area contributed by atoms with E-state index in [9.17, 15) is 24.3 Å². The van der Waals surface area contributed by atoms with Crippen molar-refractivity contribution in [2.24, 2.45) is 17.4 Å². The van der Waals surface area contributed by atoms with Crippen LogP contribution in [0.4, 0.5) is 0 Å². The molecule has 1 aliphatic heterocycles. The Bertz CT molecular complexity index is 1250. The maximum atomic E-state index is 13.5. The molecule has 2 aromatic rings. The number of aromatic nitrogens is 1. The maximum Gasteiger partial charge on any atom is 0.326 e. The molecule has 1 aromatic heterocycles. The van der Waals surface area contributed by atoms with Crippen LogP contribution in [0.5, 0.6) is 0 Å². The van der Waals surface area contributed by atoms with Gasteiger partial charge in [0.2, 0.25) is 17.7 Å². The van der Waals surface area contributed by atoms with Crippen LogP contribution in [0, 0.1) is 11.3 Å². The average Bonchev–Trinajstić information content (AvgIpc) is 3.56. The molecule has 13 heteroatoms. The molecule has 13 nitrogen and oxygen atoms in total. The van der Waals surface area contributed by atoms with Gasteiger partial charge in [-0.3, -0.25) is 19.8 Å². The van der Waals surface area contributed by atoms with Crippen molar-refractivity contribution in [2.75, 3.05) is 13.1 Å². The second kappa shape index (κ2) is 14.5. The molecule has 0 aliphatic carbocycles. The number of carbonyl (C=O) groups is 4. The van der Waals surface area contributed by atoms with Gasteiger partial charge in [-0.15, -0.1) is 0 Å². The summed E-state index contributed by atoms with van der Waals surface area (Å²) in [4.78, 5) is 56.6. The summed E-state index contributed by atoms with van der Waals surface area (Å²) in [6, 6.07) is 3.74. The van der Waals surface area contributed by atoms with Crippen LogP contribution in [0.15, 0.2) is 30.5 Å². The van der Waals surface area contributed by atoms with Gasteiger partial charge in [-0.05, 0) is 49.7 Å². The van der Waals surface area contributed by atoms with Crippen molar-refractivity contribution < 1.29 is 24.3 Å². The van der Waals surface area contributed by atoms with Crippen LogP contribution in [0.2, 0.25) is 0 Å². The lowest BCUT2D eigenvalue weighted by Crippen LogP contribution is -2.57. The van der Waals surface area contributed by atoms with E-state index in [4.69, 9.17) is 16.9 Å². The average molecular weight is 571 g/mol. The number of benzene rings is 1. The number of likely N-dealkylation sites (tertiary alicyclic amines) is 1. The number of nitrogens with zero attached hydrogens (tertiary/aromatic N) is 1. The van der Waals surface area contributed by atoms with Gasteiger partial charge in [-0.2, -0.15) is 0 Å². The number of carboxylic acid groups (broad SMARTS) is 1. The molecule has 3 rings (SSSR count). The number of aromatic amines is 1. The second-order valence-corrected chi connectivity index (χ2v) is 10.9. The first-order chi connectivity index (χ1) is 19.5. The Morgan fingerprint density at radius 3 is 2.59 bits per heavy atom. The Kier molecular flexibility index (Phi) is 11.1. The van der Waals surface area contributed by atoms with E-state index in [0.29, 0.717) is 32.2 Å². The zero-order chi connectivity index (χ0) is 30.1. The smallest absolute Gasteiger partial charge is 0.326 e. The predicted octanol–water partition coefficient (Wildman–Crippen LogP) is 0.392. The van der Waals surface area contributed by atoms with Gasteiger partial charge >= 0.3 is 5.97 Å². The second-order valence-electron chi connectivity index (χ2n) is 10.9. The standard InChI is InChI=1S/C28H42N8O5/c1-16(2)13-19(29)26(39)36-12-6-10-23(36)25(38)35-22(14-17-15-33-20-8-4-3-7-18(17)20)24(37)34-21(27(40)41)9-5-11-32-28(30)31/h3-4,7-8,15-16,19,21-23,33H,5-6,9-14,29H2,1-2H3,(H,34,37)(H,35,38)(H,40,41)(H4,30,31,32)/t19-,21-,22-,23-/m0/s1. The van der Waals surface area contributed by atoms with Gasteiger partial charge < -0.3 is 42.4 Å². The first-order valence-corrected chi connectivity index (χ1v) is 14.0. The highest BCUT2D eigenvalue weighted by Crippen LogP contribution is 2.22. The summed E-state index contributed by atoms with van der Waals surface area (Å²) in [5.74, 6) is -2.65.